The van der Waals surface area contributed by atoms with E-state index in [9.17, 15) is 4.79 Å². The summed E-state index contributed by atoms with van der Waals surface area (Å²) in [5, 5.41) is 12.9. The predicted octanol–water partition coefficient (Wildman–Crippen LogP) is 1.45. The predicted molar refractivity (Wildman–Crippen MR) is 63.1 cm³/mol. The van der Waals surface area contributed by atoms with E-state index in [1.54, 1.807) is 6.08 Å². The number of carbonyl (C=O) groups is 1. The molecule has 84 valence electrons. The van der Waals surface area contributed by atoms with E-state index in [0.29, 0.717) is 12.1 Å². The van der Waals surface area contributed by atoms with Gasteiger partial charge in [0.1, 0.15) is 0 Å². The van der Waals surface area contributed by atoms with Gasteiger partial charge in [0.15, 0.2) is 0 Å². The van der Waals surface area contributed by atoms with Crippen LogP contribution in [0.25, 0.3) is 6.08 Å². The summed E-state index contributed by atoms with van der Waals surface area (Å²) in [5.74, 6) is -0.860. The molecule has 0 spiro atoms. The van der Waals surface area contributed by atoms with E-state index in [4.69, 9.17) is 5.11 Å². The van der Waals surface area contributed by atoms with Gasteiger partial charge in [0.2, 0.25) is 0 Å². The highest BCUT2D eigenvalue weighted by atomic mass is 16.4. The molecule has 1 aromatic carbocycles. The zero-order valence-corrected chi connectivity index (χ0v) is 9.34. The molecule has 0 bridgehead atoms. The van der Waals surface area contributed by atoms with Crippen molar-refractivity contribution in [2.45, 2.75) is 0 Å². The maximum absolute atomic E-state index is 11.0. The van der Waals surface area contributed by atoms with E-state index in [0.717, 1.165) is 11.3 Å². The summed E-state index contributed by atoms with van der Waals surface area (Å²) in [6, 6.07) is 7.78. The second-order valence-electron chi connectivity index (χ2n) is 3.94. The molecule has 0 atom stereocenters. The number of aliphatic carboxylic acids is 1. The Balaban J connectivity index is 2.49. The number of hydrazine groups is 1. The third kappa shape index (κ3) is 1.79. The maximum Gasteiger partial charge on any atom is 0.333 e. The SMILES string of the molecule is CN(C)N1CC(C(=O)O)=Cc2ccccc21. The summed E-state index contributed by atoms with van der Waals surface area (Å²) < 4.78 is 0. The van der Waals surface area contributed by atoms with Crippen molar-refractivity contribution in [3.63, 3.8) is 0 Å². The number of carboxylic acids is 1. The van der Waals surface area contributed by atoms with E-state index < -0.39 is 5.97 Å². The molecule has 1 N–H and O–H groups in total. The molecule has 4 heteroatoms. The number of hydrogen-bond donors (Lipinski definition) is 1. The Morgan fingerprint density at radius 1 is 1.38 bits per heavy atom. The monoisotopic (exact) mass is 218 g/mol. The van der Waals surface area contributed by atoms with E-state index in [-0.39, 0.29) is 0 Å². The first-order valence-electron chi connectivity index (χ1n) is 5.07. The number of anilines is 1. The van der Waals surface area contributed by atoms with Crippen LogP contribution in [0.4, 0.5) is 5.69 Å². The van der Waals surface area contributed by atoms with Crippen molar-refractivity contribution in [1.82, 2.24) is 5.01 Å². The minimum atomic E-state index is -0.860. The number of fused-ring (bicyclic) bond motifs is 1. The first kappa shape index (κ1) is 10.7. The number of para-hydroxylation sites is 1. The lowest BCUT2D eigenvalue weighted by atomic mass is 10.0. The second-order valence-corrected chi connectivity index (χ2v) is 3.94. The van der Waals surface area contributed by atoms with Crippen LogP contribution in [0.1, 0.15) is 5.56 Å². The molecule has 0 unspecified atom stereocenters. The van der Waals surface area contributed by atoms with Crippen molar-refractivity contribution in [2.75, 3.05) is 25.6 Å². The Bertz CT molecular complexity index is 452. The van der Waals surface area contributed by atoms with Crippen LogP contribution >= 0.6 is 0 Å². The largest absolute Gasteiger partial charge is 0.478 e. The Kier molecular flexibility index (Phi) is 2.66. The lowest BCUT2D eigenvalue weighted by molar-refractivity contribution is -0.132. The maximum atomic E-state index is 11.0. The molecule has 0 radical (unpaired) electrons. The van der Waals surface area contributed by atoms with Gasteiger partial charge in [-0.15, -0.1) is 0 Å². The molecule has 0 saturated heterocycles. The fourth-order valence-electron chi connectivity index (χ4n) is 1.81. The quantitative estimate of drug-likeness (QED) is 0.816. The number of benzene rings is 1. The van der Waals surface area contributed by atoms with Gasteiger partial charge >= 0.3 is 5.97 Å². The number of rotatable bonds is 2. The topological polar surface area (TPSA) is 43.8 Å². The van der Waals surface area contributed by atoms with Crippen LogP contribution < -0.4 is 5.01 Å². The van der Waals surface area contributed by atoms with Crippen LogP contribution in [0.2, 0.25) is 0 Å². The molecule has 0 amide bonds. The molecule has 0 aliphatic carbocycles. The first-order chi connectivity index (χ1) is 7.59. The molecule has 1 aliphatic heterocycles. The van der Waals surface area contributed by atoms with Crippen molar-refractivity contribution in [1.29, 1.82) is 0 Å². The minimum absolute atomic E-state index is 0.402. The highest BCUT2D eigenvalue weighted by Gasteiger charge is 2.22. The van der Waals surface area contributed by atoms with Gasteiger partial charge in [-0.05, 0) is 17.7 Å². The molecule has 0 aromatic heterocycles. The average molecular weight is 218 g/mol. The lowest BCUT2D eigenvalue weighted by Gasteiger charge is -2.35. The van der Waals surface area contributed by atoms with Gasteiger partial charge in [-0.25, -0.2) is 9.80 Å². The van der Waals surface area contributed by atoms with Gasteiger partial charge < -0.3 is 10.1 Å². The normalized spacial score (nSPS) is 14.7. The Morgan fingerprint density at radius 3 is 2.69 bits per heavy atom. The van der Waals surface area contributed by atoms with Crippen molar-refractivity contribution < 1.29 is 9.90 Å². The Hall–Kier alpha value is -1.81. The molecule has 1 aromatic rings. The van der Waals surface area contributed by atoms with Gasteiger partial charge in [-0.2, -0.15) is 0 Å². The highest BCUT2D eigenvalue weighted by molar-refractivity contribution is 5.96. The fourth-order valence-corrected chi connectivity index (χ4v) is 1.81. The van der Waals surface area contributed by atoms with Crippen LogP contribution in [0, 0.1) is 0 Å². The molecule has 1 aliphatic rings. The Morgan fingerprint density at radius 2 is 2.06 bits per heavy atom. The van der Waals surface area contributed by atoms with Crippen LogP contribution in [0.3, 0.4) is 0 Å². The molecule has 0 fully saturated rings. The van der Waals surface area contributed by atoms with Crippen molar-refractivity contribution in [3.8, 4) is 0 Å². The van der Waals surface area contributed by atoms with Crippen molar-refractivity contribution in [3.05, 3.63) is 35.4 Å². The fraction of sp³-hybridized carbons (Fsp3) is 0.250. The first-order valence-corrected chi connectivity index (χ1v) is 5.07. The van der Waals surface area contributed by atoms with E-state index in [2.05, 4.69) is 0 Å². The summed E-state index contributed by atoms with van der Waals surface area (Å²) in [4.78, 5) is 11.0. The van der Waals surface area contributed by atoms with Gasteiger partial charge in [0.25, 0.3) is 0 Å². The van der Waals surface area contributed by atoms with E-state index in [1.807, 2.05) is 48.4 Å². The Labute approximate surface area is 94.4 Å². The molecule has 2 rings (SSSR count). The summed E-state index contributed by atoms with van der Waals surface area (Å²) >= 11 is 0. The summed E-state index contributed by atoms with van der Waals surface area (Å²) in [6.45, 7) is 0.402. The van der Waals surface area contributed by atoms with Crippen LogP contribution in [-0.2, 0) is 4.79 Å². The molecule has 4 nitrogen and oxygen atoms in total. The van der Waals surface area contributed by atoms with Crippen molar-refractivity contribution >= 4 is 17.7 Å². The van der Waals surface area contributed by atoms with Crippen molar-refractivity contribution in [2.24, 2.45) is 0 Å². The number of carboxylic acid groups (broad SMARTS) is 1. The average Bonchev–Trinajstić information content (AvgIpc) is 2.27. The number of nitrogens with zero attached hydrogens (tertiary/aromatic N) is 2. The van der Waals surface area contributed by atoms with Gasteiger partial charge in [-0.1, -0.05) is 18.2 Å². The summed E-state index contributed by atoms with van der Waals surface area (Å²) in [6.07, 6.45) is 1.73. The van der Waals surface area contributed by atoms with Gasteiger partial charge in [0, 0.05) is 14.1 Å². The standard InChI is InChI=1S/C12H14N2O2/c1-13(2)14-8-10(12(15)16)7-9-5-3-4-6-11(9)14/h3-7H,8H2,1-2H3,(H,15,16). The van der Waals surface area contributed by atoms with Gasteiger partial charge in [0.05, 0.1) is 17.8 Å². The van der Waals surface area contributed by atoms with Crippen LogP contribution in [-0.4, -0.2) is 36.7 Å². The van der Waals surface area contributed by atoms with E-state index >= 15 is 0 Å². The van der Waals surface area contributed by atoms with Crippen LogP contribution in [0.15, 0.2) is 29.8 Å². The molecular formula is C12H14N2O2. The minimum Gasteiger partial charge on any atom is -0.478 e. The second kappa shape index (κ2) is 3.98. The number of hydrogen-bond acceptors (Lipinski definition) is 3. The molecular weight excluding hydrogens is 204 g/mol. The highest BCUT2D eigenvalue weighted by Crippen LogP contribution is 2.28. The smallest absolute Gasteiger partial charge is 0.333 e. The zero-order valence-electron chi connectivity index (χ0n) is 9.34. The van der Waals surface area contributed by atoms with Gasteiger partial charge in [-0.3, -0.25) is 0 Å². The summed E-state index contributed by atoms with van der Waals surface area (Å²) in [5.41, 5.74) is 2.39. The lowest BCUT2D eigenvalue weighted by Crippen LogP contribution is -2.41. The molecule has 16 heavy (non-hydrogen) atoms. The third-order valence-corrected chi connectivity index (χ3v) is 2.62. The third-order valence-electron chi connectivity index (χ3n) is 2.62. The zero-order chi connectivity index (χ0) is 11.7. The molecule has 0 saturated carbocycles. The molecule has 1 heterocycles. The van der Waals surface area contributed by atoms with E-state index in [1.165, 1.54) is 0 Å². The van der Waals surface area contributed by atoms with Crippen LogP contribution in [0.5, 0.6) is 0 Å². The summed E-state index contributed by atoms with van der Waals surface area (Å²) in [7, 11) is 3.81.